The molecule has 0 radical (unpaired) electrons. The van der Waals surface area contributed by atoms with Crippen LogP contribution in [-0.4, -0.2) is 20.6 Å². The summed E-state index contributed by atoms with van der Waals surface area (Å²) in [5.74, 6) is -0.924. The van der Waals surface area contributed by atoms with Crippen molar-refractivity contribution in [1.82, 2.24) is 9.55 Å². The maximum Gasteiger partial charge on any atom is 0.352 e. The Bertz CT molecular complexity index is 790. The van der Waals surface area contributed by atoms with E-state index in [2.05, 4.69) is 4.98 Å². The van der Waals surface area contributed by atoms with Crippen LogP contribution < -0.4 is 0 Å². The summed E-state index contributed by atoms with van der Waals surface area (Å²) < 4.78 is 1.77. The molecule has 0 fully saturated rings. The van der Waals surface area contributed by atoms with Crippen LogP contribution in [0.25, 0.3) is 11.1 Å². The topological polar surface area (TPSA) is 55.1 Å². The number of benzene rings is 1. The fourth-order valence-corrected chi connectivity index (χ4v) is 2.41. The number of nitrogens with zero attached hydrogens (tertiary/aromatic N) is 2. The molecule has 0 saturated carbocycles. The summed E-state index contributed by atoms with van der Waals surface area (Å²) in [5.41, 5.74) is 4.39. The van der Waals surface area contributed by atoms with Gasteiger partial charge in [-0.1, -0.05) is 29.8 Å². The summed E-state index contributed by atoms with van der Waals surface area (Å²) in [6.45, 7) is 2.57. The molecule has 0 atom stereocenters. The van der Waals surface area contributed by atoms with E-state index in [1.165, 1.54) is 5.56 Å². The number of hydrogen-bond donors (Lipinski definition) is 1. The van der Waals surface area contributed by atoms with E-state index in [1.54, 1.807) is 23.0 Å². The maximum absolute atomic E-state index is 11.5. The molecular formula is C18H16N2O2. The van der Waals surface area contributed by atoms with E-state index in [4.69, 9.17) is 0 Å². The summed E-state index contributed by atoms with van der Waals surface area (Å²) in [6.07, 6.45) is 5.28. The highest BCUT2D eigenvalue weighted by Crippen LogP contribution is 2.22. The number of carboxylic acids is 1. The van der Waals surface area contributed by atoms with Crippen molar-refractivity contribution in [3.8, 4) is 11.1 Å². The molecule has 0 aliphatic rings. The molecule has 4 heteroatoms. The van der Waals surface area contributed by atoms with Crippen molar-refractivity contribution in [3.05, 3.63) is 77.9 Å². The van der Waals surface area contributed by atoms with Gasteiger partial charge in [-0.3, -0.25) is 4.98 Å². The highest BCUT2D eigenvalue weighted by Gasteiger charge is 2.13. The van der Waals surface area contributed by atoms with Crippen molar-refractivity contribution in [1.29, 1.82) is 0 Å². The van der Waals surface area contributed by atoms with E-state index in [1.807, 2.05) is 49.5 Å². The predicted molar refractivity (Wildman–Crippen MR) is 84.9 cm³/mol. The molecule has 3 rings (SSSR count). The van der Waals surface area contributed by atoms with Crippen molar-refractivity contribution >= 4 is 5.97 Å². The third-order valence-electron chi connectivity index (χ3n) is 3.60. The standard InChI is InChI=1S/C18H16N2O2/c1-13-2-4-14(5-3-13)11-20-12-16(10-17(20)18(21)22)15-6-8-19-9-7-15/h2-10,12H,11H2,1H3,(H,21,22). The first-order valence-corrected chi connectivity index (χ1v) is 7.03. The van der Waals surface area contributed by atoms with Gasteiger partial charge in [0.2, 0.25) is 0 Å². The normalized spacial score (nSPS) is 10.6. The predicted octanol–water partition coefficient (Wildman–Crippen LogP) is 3.61. The highest BCUT2D eigenvalue weighted by atomic mass is 16.4. The van der Waals surface area contributed by atoms with Gasteiger partial charge in [0.25, 0.3) is 0 Å². The lowest BCUT2D eigenvalue weighted by atomic mass is 10.1. The minimum atomic E-state index is -0.924. The Morgan fingerprint density at radius 1 is 1.09 bits per heavy atom. The molecule has 0 bridgehead atoms. The largest absolute Gasteiger partial charge is 0.477 e. The average Bonchev–Trinajstić information content (AvgIpc) is 2.95. The fourth-order valence-electron chi connectivity index (χ4n) is 2.41. The SMILES string of the molecule is Cc1ccc(Cn2cc(-c3ccncc3)cc2C(=O)O)cc1. The van der Waals surface area contributed by atoms with Crippen molar-refractivity contribution in [2.75, 3.05) is 0 Å². The second kappa shape index (κ2) is 5.85. The molecule has 2 aromatic heterocycles. The number of aromatic carboxylic acids is 1. The van der Waals surface area contributed by atoms with Gasteiger partial charge in [0.15, 0.2) is 0 Å². The van der Waals surface area contributed by atoms with E-state index >= 15 is 0 Å². The van der Waals surface area contributed by atoms with Gasteiger partial charge in [0.05, 0.1) is 0 Å². The second-order valence-corrected chi connectivity index (χ2v) is 5.27. The van der Waals surface area contributed by atoms with Crippen LogP contribution in [0.3, 0.4) is 0 Å². The zero-order valence-corrected chi connectivity index (χ0v) is 12.2. The number of carbonyl (C=O) groups is 1. The molecule has 0 unspecified atom stereocenters. The number of aryl methyl sites for hydroxylation is 1. The van der Waals surface area contributed by atoms with Crippen LogP contribution in [-0.2, 0) is 6.54 Å². The van der Waals surface area contributed by atoms with Crippen molar-refractivity contribution in [3.63, 3.8) is 0 Å². The van der Waals surface area contributed by atoms with Crippen molar-refractivity contribution in [2.45, 2.75) is 13.5 Å². The van der Waals surface area contributed by atoms with Crippen LogP contribution in [0.15, 0.2) is 61.1 Å². The highest BCUT2D eigenvalue weighted by molar-refractivity contribution is 5.88. The monoisotopic (exact) mass is 292 g/mol. The Balaban J connectivity index is 1.97. The molecule has 1 aromatic carbocycles. The van der Waals surface area contributed by atoms with E-state index < -0.39 is 5.97 Å². The molecule has 110 valence electrons. The lowest BCUT2D eigenvalue weighted by Crippen LogP contribution is -2.08. The molecule has 3 aromatic rings. The van der Waals surface area contributed by atoms with Crippen LogP contribution in [0.2, 0.25) is 0 Å². The summed E-state index contributed by atoms with van der Waals surface area (Å²) in [6, 6.07) is 13.5. The van der Waals surface area contributed by atoms with Gasteiger partial charge in [0, 0.05) is 30.7 Å². The van der Waals surface area contributed by atoms with E-state index in [0.29, 0.717) is 6.54 Å². The van der Waals surface area contributed by atoms with Crippen LogP contribution in [0, 0.1) is 6.92 Å². The molecule has 4 nitrogen and oxygen atoms in total. The smallest absolute Gasteiger partial charge is 0.352 e. The Labute approximate surface area is 128 Å². The molecule has 0 spiro atoms. The first kappa shape index (κ1) is 14.1. The van der Waals surface area contributed by atoms with Crippen LogP contribution in [0.4, 0.5) is 0 Å². The number of rotatable bonds is 4. The van der Waals surface area contributed by atoms with Gasteiger partial charge >= 0.3 is 5.97 Å². The van der Waals surface area contributed by atoms with E-state index in [9.17, 15) is 9.90 Å². The van der Waals surface area contributed by atoms with Gasteiger partial charge in [-0.2, -0.15) is 0 Å². The van der Waals surface area contributed by atoms with Crippen LogP contribution in [0.5, 0.6) is 0 Å². The molecule has 1 N–H and O–H groups in total. The third kappa shape index (κ3) is 2.91. The van der Waals surface area contributed by atoms with Crippen molar-refractivity contribution < 1.29 is 9.90 Å². The van der Waals surface area contributed by atoms with E-state index in [0.717, 1.165) is 16.7 Å². The number of carboxylic acid groups (broad SMARTS) is 1. The van der Waals surface area contributed by atoms with Crippen molar-refractivity contribution in [2.24, 2.45) is 0 Å². The summed E-state index contributed by atoms with van der Waals surface area (Å²) in [7, 11) is 0. The Morgan fingerprint density at radius 2 is 1.77 bits per heavy atom. The third-order valence-corrected chi connectivity index (χ3v) is 3.60. The minimum Gasteiger partial charge on any atom is -0.477 e. The summed E-state index contributed by atoms with van der Waals surface area (Å²) >= 11 is 0. The van der Waals surface area contributed by atoms with Gasteiger partial charge < -0.3 is 9.67 Å². The average molecular weight is 292 g/mol. The molecule has 0 amide bonds. The first-order chi connectivity index (χ1) is 10.6. The zero-order valence-electron chi connectivity index (χ0n) is 12.2. The number of pyridine rings is 1. The van der Waals surface area contributed by atoms with Gasteiger partial charge in [-0.15, -0.1) is 0 Å². The number of aromatic nitrogens is 2. The van der Waals surface area contributed by atoms with Gasteiger partial charge in [-0.05, 0) is 36.2 Å². The van der Waals surface area contributed by atoms with E-state index in [-0.39, 0.29) is 5.69 Å². The maximum atomic E-state index is 11.5. The Hall–Kier alpha value is -2.88. The second-order valence-electron chi connectivity index (χ2n) is 5.27. The molecule has 0 aliphatic carbocycles. The Kier molecular flexibility index (Phi) is 3.74. The van der Waals surface area contributed by atoms with Crippen LogP contribution in [0.1, 0.15) is 21.6 Å². The quantitative estimate of drug-likeness (QED) is 0.799. The molecular weight excluding hydrogens is 276 g/mol. The zero-order chi connectivity index (χ0) is 15.5. The summed E-state index contributed by atoms with van der Waals surface area (Å²) in [5, 5.41) is 9.41. The minimum absolute atomic E-state index is 0.285. The first-order valence-electron chi connectivity index (χ1n) is 7.03. The van der Waals surface area contributed by atoms with Crippen LogP contribution >= 0.6 is 0 Å². The molecule has 0 aliphatic heterocycles. The summed E-state index contributed by atoms with van der Waals surface area (Å²) in [4.78, 5) is 15.5. The lowest BCUT2D eigenvalue weighted by molar-refractivity contribution is 0.0685. The number of hydrogen-bond acceptors (Lipinski definition) is 2. The lowest BCUT2D eigenvalue weighted by Gasteiger charge is -2.06. The molecule has 0 saturated heterocycles. The molecule has 22 heavy (non-hydrogen) atoms. The fraction of sp³-hybridized carbons (Fsp3) is 0.111. The Morgan fingerprint density at radius 3 is 2.41 bits per heavy atom. The van der Waals surface area contributed by atoms with Gasteiger partial charge in [0.1, 0.15) is 5.69 Å². The van der Waals surface area contributed by atoms with Gasteiger partial charge in [-0.25, -0.2) is 4.79 Å². The molecule has 2 heterocycles.